The standard InChI is InChI=1S/C13H18BrClO/c1-8(2)9(3)13(15)11-7-10(14)5-6-12(11)16-4/h5-9,13H,1-4H3. The number of hydrogen-bond donors (Lipinski definition) is 0. The molecule has 0 radical (unpaired) electrons. The molecule has 0 amide bonds. The van der Waals surface area contributed by atoms with Gasteiger partial charge in [-0.05, 0) is 30.0 Å². The maximum absolute atomic E-state index is 6.51. The van der Waals surface area contributed by atoms with Crippen LogP contribution in [0.25, 0.3) is 0 Å². The molecule has 0 heterocycles. The number of ether oxygens (including phenoxy) is 1. The highest BCUT2D eigenvalue weighted by atomic mass is 79.9. The van der Waals surface area contributed by atoms with Gasteiger partial charge in [0.05, 0.1) is 12.5 Å². The molecular formula is C13H18BrClO. The molecule has 0 N–H and O–H groups in total. The Hall–Kier alpha value is -0.210. The van der Waals surface area contributed by atoms with E-state index in [0.29, 0.717) is 11.8 Å². The number of hydrogen-bond acceptors (Lipinski definition) is 1. The summed E-state index contributed by atoms with van der Waals surface area (Å²) in [5.74, 6) is 1.81. The van der Waals surface area contributed by atoms with E-state index in [-0.39, 0.29) is 5.38 Å². The molecule has 0 aliphatic rings. The molecule has 90 valence electrons. The van der Waals surface area contributed by atoms with Crippen molar-refractivity contribution in [2.45, 2.75) is 26.1 Å². The fourth-order valence-electron chi connectivity index (χ4n) is 1.54. The van der Waals surface area contributed by atoms with Gasteiger partial charge in [-0.25, -0.2) is 0 Å². The number of halogens is 2. The molecule has 0 aliphatic heterocycles. The van der Waals surface area contributed by atoms with Gasteiger partial charge >= 0.3 is 0 Å². The highest BCUT2D eigenvalue weighted by molar-refractivity contribution is 9.10. The first kappa shape index (κ1) is 13.9. The molecule has 1 nitrogen and oxygen atoms in total. The van der Waals surface area contributed by atoms with Crippen molar-refractivity contribution < 1.29 is 4.74 Å². The van der Waals surface area contributed by atoms with Crippen LogP contribution in [-0.4, -0.2) is 7.11 Å². The molecule has 0 saturated heterocycles. The topological polar surface area (TPSA) is 9.23 Å². The SMILES string of the molecule is COc1ccc(Br)cc1C(Cl)C(C)C(C)C. The Labute approximate surface area is 111 Å². The third-order valence-electron chi connectivity index (χ3n) is 3.00. The van der Waals surface area contributed by atoms with Gasteiger partial charge in [0.25, 0.3) is 0 Å². The van der Waals surface area contributed by atoms with Crippen molar-refractivity contribution in [3.05, 3.63) is 28.2 Å². The van der Waals surface area contributed by atoms with Crippen LogP contribution in [0.4, 0.5) is 0 Å². The van der Waals surface area contributed by atoms with Crippen LogP contribution in [0.3, 0.4) is 0 Å². The van der Waals surface area contributed by atoms with Crippen LogP contribution in [0, 0.1) is 11.8 Å². The monoisotopic (exact) mass is 304 g/mol. The minimum Gasteiger partial charge on any atom is -0.496 e. The van der Waals surface area contributed by atoms with Gasteiger partial charge in [-0.1, -0.05) is 36.7 Å². The summed E-state index contributed by atoms with van der Waals surface area (Å²) in [5.41, 5.74) is 1.06. The first-order valence-electron chi connectivity index (χ1n) is 5.44. The summed E-state index contributed by atoms with van der Waals surface area (Å²) < 4.78 is 6.38. The molecule has 1 rings (SSSR count). The second kappa shape index (κ2) is 5.92. The third-order valence-corrected chi connectivity index (χ3v) is 4.13. The predicted molar refractivity (Wildman–Crippen MR) is 73.3 cm³/mol. The lowest BCUT2D eigenvalue weighted by Crippen LogP contribution is -2.11. The van der Waals surface area contributed by atoms with Gasteiger partial charge in [0, 0.05) is 10.0 Å². The van der Waals surface area contributed by atoms with Crippen molar-refractivity contribution in [1.29, 1.82) is 0 Å². The maximum Gasteiger partial charge on any atom is 0.123 e. The summed E-state index contributed by atoms with van der Waals surface area (Å²) in [5, 5.41) is -0.0209. The minimum atomic E-state index is -0.0209. The van der Waals surface area contributed by atoms with E-state index in [0.717, 1.165) is 15.8 Å². The molecule has 3 heteroatoms. The van der Waals surface area contributed by atoms with Crippen LogP contribution >= 0.6 is 27.5 Å². The highest BCUT2D eigenvalue weighted by Gasteiger charge is 2.22. The molecule has 2 unspecified atom stereocenters. The molecule has 0 saturated carbocycles. The van der Waals surface area contributed by atoms with Crippen LogP contribution in [-0.2, 0) is 0 Å². The van der Waals surface area contributed by atoms with Crippen molar-refractivity contribution in [2.75, 3.05) is 7.11 Å². The predicted octanol–water partition coefficient (Wildman–Crippen LogP) is 5.03. The van der Waals surface area contributed by atoms with E-state index in [9.17, 15) is 0 Å². The van der Waals surface area contributed by atoms with Crippen LogP contribution in [0.2, 0.25) is 0 Å². The largest absolute Gasteiger partial charge is 0.496 e. The molecule has 0 bridgehead atoms. The number of methoxy groups -OCH3 is 1. The summed E-state index contributed by atoms with van der Waals surface area (Å²) in [7, 11) is 1.68. The zero-order valence-corrected chi connectivity index (χ0v) is 12.5. The first-order valence-corrected chi connectivity index (χ1v) is 6.67. The Bertz CT molecular complexity index is 352. The molecule has 1 aromatic rings. The fraction of sp³-hybridized carbons (Fsp3) is 0.538. The summed E-state index contributed by atoms with van der Waals surface area (Å²) >= 11 is 9.97. The molecular weight excluding hydrogens is 287 g/mol. The Morgan fingerprint density at radius 2 is 1.88 bits per heavy atom. The first-order chi connectivity index (χ1) is 7.47. The van der Waals surface area contributed by atoms with Crippen LogP contribution in [0.1, 0.15) is 31.7 Å². The zero-order chi connectivity index (χ0) is 12.3. The van der Waals surface area contributed by atoms with E-state index in [1.54, 1.807) is 7.11 Å². The van der Waals surface area contributed by atoms with Crippen molar-refractivity contribution in [2.24, 2.45) is 11.8 Å². The van der Waals surface area contributed by atoms with Gasteiger partial charge in [0.15, 0.2) is 0 Å². The van der Waals surface area contributed by atoms with Crippen LogP contribution in [0.5, 0.6) is 5.75 Å². The second-order valence-electron chi connectivity index (χ2n) is 4.39. The van der Waals surface area contributed by atoms with Gasteiger partial charge < -0.3 is 4.74 Å². The summed E-state index contributed by atoms with van der Waals surface area (Å²) in [6, 6.07) is 5.95. The number of benzene rings is 1. The second-order valence-corrected chi connectivity index (χ2v) is 5.78. The van der Waals surface area contributed by atoms with Gasteiger partial charge in [-0.3, -0.25) is 0 Å². The average molecular weight is 306 g/mol. The molecule has 0 aliphatic carbocycles. The zero-order valence-electron chi connectivity index (χ0n) is 10.1. The molecule has 0 aromatic heterocycles. The Morgan fingerprint density at radius 1 is 1.25 bits per heavy atom. The maximum atomic E-state index is 6.51. The van der Waals surface area contributed by atoms with Gasteiger partial charge in [0.2, 0.25) is 0 Å². The molecule has 2 atom stereocenters. The summed E-state index contributed by atoms with van der Waals surface area (Å²) in [6.07, 6.45) is 0. The normalized spacial score (nSPS) is 14.9. The molecule has 16 heavy (non-hydrogen) atoms. The van der Waals surface area contributed by atoms with E-state index in [4.69, 9.17) is 16.3 Å². The molecule has 0 fully saturated rings. The van der Waals surface area contributed by atoms with E-state index < -0.39 is 0 Å². The smallest absolute Gasteiger partial charge is 0.123 e. The van der Waals surface area contributed by atoms with Gasteiger partial charge in [-0.2, -0.15) is 0 Å². The summed E-state index contributed by atoms with van der Waals surface area (Å²) in [4.78, 5) is 0. The number of rotatable bonds is 4. The van der Waals surface area contributed by atoms with Gasteiger partial charge in [-0.15, -0.1) is 11.6 Å². The third kappa shape index (κ3) is 3.14. The Balaban J connectivity index is 3.05. The minimum absolute atomic E-state index is 0.0209. The lowest BCUT2D eigenvalue weighted by atomic mass is 9.90. The molecule has 0 spiro atoms. The van der Waals surface area contributed by atoms with Crippen molar-refractivity contribution in [3.8, 4) is 5.75 Å². The van der Waals surface area contributed by atoms with Gasteiger partial charge in [0.1, 0.15) is 5.75 Å². The highest BCUT2D eigenvalue weighted by Crippen LogP contribution is 2.39. The van der Waals surface area contributed by atoms with Crippen molar-refractivity contribution >= 4 is 27.5 Å². The van der Waals surface area contributed by atoms with Crippen molar-refractivity contribution in [3.63, 3.8) is 0 Å². The quantitative estimate of drug-likeness (QED) is 0.709. The number of alkyl halides is 1. The Morgan fingerprint density at radius 3 is 2.38 bits per heavy atom. The molecule has 1 aromatic carbocycles. The van der Waals surface area contributed by atoms with Crippen LogP contribution < -0.4 is 4.74 Å². The summed E-state index contributed by atoms with van der Waals surface area (Å²) in [6.45, 7) is 6.54. The van der Waals surface area contributed by atoms with E-state index in [2.05, 4.69) is 36.7 Å². The average Bonchev–Trinajstić information content (AvgIpc) is 2.26. The Kier molecular flexibility index (Phi) is 5.13. The van der Waals surface area contributed by atoms with E-state index in [1.807, 2.05) is 18.2 Å². The lowest BCUT2D eigenvalue weighted by molar-refractivity contribution is 0.379. The van der Waals surface area contributed by atoms with E-state index in [1.165, 1.54) is 0 Å². The fourth-order valence-corrected chi connectivity index (χ4v) is 2.38. The lowest BCUT2D eigenvalue weighted by Gasteiger charge is -2.23. The van der Waals surface area contributed by atoms with Crippen LogP contribution in [0.15, 0.2) is 22.7 Å². The van der Waals surface area contributed by atoms with Crippen molar-refractivity contribution in [1.82, 2.24) is 0 Å². The van der Waals surface area contributed by atoms with E-state index >= 15 is 0 Å².